The summed E-state index contributed by atoms with van der Waals surface area (Å²) in [6, 6.07) is 2.22. The molecule has 1 aromatic rings. The van der Waals surface area contributed by atoms with Crippen LogP contribution in [0.4, 0.5) is 4.39 Å². The van der Waals surface area contributed by atoms with Crippen molar-refractivity contribution >= 4 is 29.5 Å². The van der Waals surface area contributed by atoms with Gasteiger partial charge in [0.25, 0.3) is 5.91 Å². The summed E-state index contributed by atoms with van der Waals surface area (Å²) in [6.45, 7) is 1.43. The molecule has 4 aliphatic carbocycles. The molecule has 2 aliphatic heterocycles. The van der Waals surface area contributed by atoms with Gasteiger partial charge in [-0.1, -0.05) is 19.3 Å². The SMILES string of the molecule is CN(CCCCCCCSc1c(F)ccc2c1CN(C1CCC(=O)NC1=O)C2=O)C12CC3CC(CC(C3)C1)C2. The highest BCUT2D eigenvalue weighted by molar-refractivity contribution is 7.99. The highest BCUT2D eigenvalue weighted by Gasteiger charge is 2.52. The van der Waals surface area contributed by atoms with Gasteiger partial charge in [0.15, 0.2) is 0 Å². The minimum atomic E-state index is -0.675. The monoisotopic (exact) mass is 555 g/mol. The number of rotatable bonds is 11. The molecule has 5 fully saturated rings. The summed E-state index contributed by atoms with van der Waals surface area (Å²) in [4.78, 5) is 41.6. The number of nitrogens with zero attached hydrogens (tertiary/aromatic N) is 2. The van der Waals surface area contributed by atoms with Gasteiger partial charge < -0.3 is 9.80 Å². The number of benzene rings is 1. The number of unbranched alkanes of at least 4 members (excludes halogenated alkanes) is 4. The van der Waals surface area contributed by atoms with E-state index in [1.807, 2.05) is 0 Å². The van der Waals surface area contributed by atoms with E-state index in [2.05, 4.69) is 17.3 Å². The van der Waals surface area contributed by atoms with Gasteiger partial charge in [-0.2, -0.15) is 0 Å². The van der Waals surface area contributed by atoms with Gasteiger partial charge in [-0.3, -0.25) is 19.7 Å². The maximum atomic E-state index is 14.8. The van der Waals surface area contributed by atoms with E-state index in [1.54, 1.807) is 0 Å². The van der Waals surface area contributed by atoms with E-state index < -0.39 is 11.9 Å². The van der Waals surface area contributed by atoms with Crippen LogP contribution in [0.5, 0.6) is 0 Å². The lowest BCUT2D eigenvalue weighted by molar-refractivity contribution is -0.136. The van der Waals surface area contributed by atoms with Crippen LogP contribution in [0.15, 0.2) is 17.0 Å². The Bertz CT molecular complexity index is 1110. The third kappa shape index (κ3) is 5.40. The number of fused-ring (bicyclic) bond motifs is 1. The van der Waals surface area contributed by atoms with Gasteiger partial charge in [0, 0.05) is 34.5 Å². The topological polar surface area (TPSA) is 69.7 Å². The average Bonchev–Trinajstić information content (AvgIpc) is 3.21. The summed E-state index contributed by atoms with van der Waals surface area (Å²) in [5.74, 6) is 2.49. The maximum absolute atomic E-state index is 14.8. The molecule has 6 aliphatic rings. The van der Waals surface area contributed by atoms with Crippen LogP contribution in [-0.4, -0.2) is 58.4 Å². The molecule has 1 aromatic carbocycles. The van der Waals surface area contributed by atoms with Crippen molar-refractivity contribution in [2.75, 3.05) is 19.3 Å². The molecule has 8 heteroatoms. The fourth-order valence-corrected chi connectivity index (χ4v) is 9.77. The van der Waals surface area contributed by atoms with Crippen LogP contribution >= 0.6 is 11.8 Å². The van der Waals surface area contributed by atoms with Crippen molar-refractivity contribution in [3.8, 4) is 0 Å². The van der Waals surface area contributed by atoms with Crippen molar-refractivity contribution in [1.29, 1.82) is 0 Å². The molecule has 3 amide bonds. The number of halogens is 1. The van der Waals surface area contributed by atoms with Gasteiger partial charge in [0.05, 0.1) is 0 Å². The zero-order chi connectivity index (χ0) is 27.1. The number of carbonyl (C=O) groups excluding carboxylic acids is 3. The lowest BCUT2D eigenvalue weighted by atomic mass is 9.52. The van der Waals surface area contributed by atoms with Crippen molar-refractivity contribution in [2.45, 2.75) is 106 Å². The minimum absolute atomic E-state index is 0.213. The van der Waals surface area contributed by atoms with Crippen LogP contribution < -0.4 is 5.32 Å². The molecule has 4 saturated carbocycles. The number of amides is 3. The summed E-state index contributed by atoms with van der Waals surface area (Å²) in [7, 11) is 2.38. The molecule has 6 nitrogen and oxygen atoms in total. The van der Waals surface area contributed by atoms with Crippen molar-refractivity contribution in [2.24, 2.45) is 17.8 Å². The first-order chi connectivity index (χ1) is 18.8. The summed E-state index contributed by atoms with van der Waals surface area (Å²) < 4.78 is 14.8. The molecule has 1 atom stereocenters. The Kier molecular flexibility index (Phi) is 7.79. The zero-order valence-corrected chi connectivity index (χ0v) is 24.0. The summed E-state index contributed by atoms with van der Waals surface area (Å²) >= 11 is 1.49. The molecule has 1 saturated heterocycles. The first kappa shape index (κ1) is 27.3. The van der Waals surface area contributed by atoms with Gasteiger partial charge in [0.1, 0.15) is 11.9 Å². The maximum Gasteiger partial charge on any atom is 0.255 e. The van der Waals surface area contributed by atoms with E-state index in [0.29, 0.717) is 28.0 Å². The van der Waals surface area contributed by atoms with Crippen LogP contribution in [0.3, 0.4) is 0 Å². The van der Waals surface area contributed by atoms with Crippen molar-refractivity contribution in [3.63, 3.8) is 0 Å². The minimum Gasteiger partial charge on any atom is -0.322 e. The highest BCUT2D eigenvalue weighted by Crippen LogP contribution is 2.57. The molecule has 2 heterocycles. The molecule has 39 heavy (non-hydrogen) atoms. The Balaban J connectivity index is 0.933. The number of imide groups is 1. The fourth-order valence-electron chi connectivity index (χ4n) is 8.67. The lowest BCUT2D eigenvalue weighted by Gasteiger charge is -2.60. The number of carbonyl (C=O) groups is 3. The van der Waals surface area contributed by atoms with Gasteiger partial charge in [-0.25, -0.2) is 4.39 Å². The second-order valence-electron chi connectivity index (χ2n) is 13.0. The summed E-state index contributed by atoms with van der Waals surface area (Å²) in [6.07, 6.45) is 15.2. The van der Waals surface area contributed by atoms with Crippen LogP contribution in [-0.2, 0) is 16.1 Å². The lowest BCUT2D eigenvalue weighted by Crippen LogP contribution is -2.58. The Hall–Kier alpha value is -1.93. The predicted octanol–water partition coefficient (Wildman–Crippen LogP) is 5.53. The molecular weight excluding hydrogens is 513 g/mol. The number of nitrogens with one attached hydrogen (secondary N) is 1. The smallest absolute Gasteiger partial charge is 0.255 e. The van der Waals surface area contributed by atoms with E-state index in [1.165, 1.54) is 93.1 Å². The normalized spacial score (nSPS) is 31.4. The number of thioether (sulfide) groups is 1. The van der Waals surface area contributed by atoms with Gasteiger partial charge in [-0.05, 0) is 107 Å². The quantitative estimate of drug-likeness (QED) is 0.221. The van der Waals surface area contributed by atoms with Crippen molar-refractivity contribution < 1.29 is 18.8 Å². The molecule has 7 rings (SSSR count). The zero-order valence-electron chi connectivity index (χ0n) is 23.2. The van der Waals surface area contributed by atoms with E-state index in [4.69, 9.17) is 0 Å². The van der Waals surface area contributed by atoms with E-state index in [-0.39, 0.29) is 30.6 Å². The molecule has 0 radical (unpaired) electrons. The van der Waals surface area contributed by atoms with Crippen molar-refractivity contribution in [3.05, 3.63) is 29.1 Å². The second-order valence-corrected chi connectivity index (χ2v) is 14.1. The standard InChI is InChI=1S/C31H42FN3O3S/c1-34(31-16-20-13-21(17-31)15-22(14-20)18-31)11-5-3-2-4-6-12-39-28-24-19-35(26-9-10-27(36)33-29(26)37)30(38)23(24)7-8-25(28)32/h7-8,20-22,26H,2-6,9-19H2,1H3,(H,33,36,37). The second kappa shape index (κ2) is 11.2. The Morgan fingerprint density at radius 2 is 1.67 bits per heavy atom. The molecule has 4 bridgehead atoms. The Labute approximate surface area is 235 Å². The largest absolute Gasteiger partial charge is 0.322 e. The Morgan fingerprint density at radius 3 is 2.36 bits per heavy atom. The van der Waals surface area contributed by atoms with E-state index in [9.17, 15) is 18.8 Å². The van der Waals surface area contributed by atoms with Crippen LogP contribution in [0.2, 0.25) is 0 Å². The first-order valence-electron chi connectivity index (χ1n) is 15.1. The van der Waals surface area contributed by atoms with Gasteiger partial charge in [0.2, 0.25) is 11.8 Å². The van der Waals surface area contributed by atoms with Crippen molar-refractivity contribution in [1.82, 2.24) is 15.1 Å². The molecular formula is C31H42FN3O3S. The molecule has 1 N–H and O–H groups in total. The number of hydrogen-bond donors (Lipinski definition) is 1. The summed E-state index contributed by atoms with van der Waals surface area (Å²) in [5, 5.41) is 2.32. The summed E-state index contributed by atoms with van der Waals surface area (Å²) in [5.41, 5.74) is 1.66. The average molecular weight is 556 g/mol. The number of piperidine rings is 1. The molecule has 0 spiro atoms. The third-order valence-corrected chi connectivity index (χ3v) is 11.5. The first-order valence-corrected chi connectivity index (χ1v) is 16.1. The fraction of sp³-hybridized carbons (Fsp3) is 0.710. The van der Waals surface area contributed by atoms with Crippen LogP contribution in [0, 0.1) is 23.6 Å². The van der Waals surface area contributed by atoms with Crippen LogP contribution in [0.1, 0.15) is 99.4 Å². The van der Waals surface area contributed by atoms with E-state index in [0.717, 1.165) is 36.3 Å². The molecule has 212 valence electrons. The third-order valence-electron chi connectivity index (χ3n) is 10.3. The molecule has 1 unspecified atom stereocenters. The van der Waals surface area contributed by atoms with Gasteiger partial charge >= 0.3 is 0 Å². The van der Waals surface area contributed by atoms with Crippen LogP contribution in [0.25, 0.3) is 0 Å². The highest BCUT2D eigenvalue weighted by atomic mass is 32.2. The number of hydrogen-bond acceptors (Lipinski definition) is 5. The van der Waals surface area contributed by atoms with Gasteiger partial charge in [-0.15, -0.1) is 11.8 Å². The predicted molar refractivity (Wildman–Crippen MR) is 150 cm³/mol. The Morgan fingerprint density at radius 1 is 1.00 bits per heavy atom. The van der Waals surface area contributed by atoms with E-state index >= 15 is 0 Å². The molecule has 0 aromatic heterocycles.